The van der Waals surface area contributed by atoms with Crippen LogP contribution in [-0.2, 0) is 0 Å². The van der Waals surface area contributed by atoms with Gasteiger partial charge < -0.3 is 10.1 Å². The predicted molar refractivity (Wildman–Crippen MR) is 109 cm³/mol. The highest BCUT2D eigenvalue weighted by Crippen LogP contribution is 2.40. The van der Waals surface area contributed by atoms with Gasteiger partial charge in [-0.1, -0.05) is 11.6 Å². The number of carbonyl (C=O) groups excluding carboxylic acids is 1. The number of fused-ring (bicyclic) bond motifs is 1. The Labute approximate surface area is 168 Å². The van der Waals surface area contributed by atoms with E-state index in [1.54, 1.807) is 30.5 Å². The van der Waals surface area contributed by atoms with Gasteiger partial charge in [0, 0.05) is 22.7 Å². The molecule has 1 aliphatic carbocycles. The van der Waals surface area contributed by atoms with Gasteiger partial charge in [0.15, 0.2) is 5.65 Å². The minimum atomic E-state index is -0.127. The molecule has 146 valence electrons. The lowest BCUT2D eigenvalue weighted by atomic mass is 10.1. The molecule has 7 heteroatoms. The molecule has 0 bridgehead atoms. The van der Waals surface area contributed by atoms with Gasteiger partial charge in [0.1, 0.15) is 12.4 Å². The zero-order valence-electron chi connectivity index (χ0n) is 16.0. The highest BCUT2D eigenvalue weighted by Gasteiger charge is 2.28. The number of nitrogens with zero attached hydrogens (tertiary/aromatic N) is 3. The van der Waals surface area contributed by atoms with Crippen LogP contribution in [0.3, 0.4) is 0 Å². The van der Waals surface area contributed by atoms with Crippen molar-refractivity contribution in [2.75, 3.05) is 13.2 Å². The molecular weight excluding hydrogens is 376 g/mol. The second-order valence-electron chi connectivity index (χ2n) is 7.35. The summed E-state index contributed by atoms with van der Waals surface area (Å²) in [5.74, 6) is 1.05. The normalized spacial score (nSPS) is 13.9. The highest BCUT2D eigenvalue weighted by molar-refractivity contribution is 6.30. The van der Waals surface area contributed by atoms with E-state index >= 15 is 0 Å². The number of nitrogens with one attached hydrogen (secondary N) is 1. The number of rotatable bonds is 7. The van der Waals surface area contributed by atoms with Crippen molar-refractivity contribution in [3.8, 4) is 5.75 Å². The number of hydrogen-bond donors (Lipinski definition) is 1. The number of carbonyl (C=O) groups is 1. The third kappa shape index (κ3) is 3.97. The first-order valence-corrected chi connectivity index (χ1v) is 9.95. The lowest BCUT2D eigenvalue weighted by Crippen LogP contribution is -2.28. The molecule has 0 radical (unpaired) electrons. The van der Waals surface area contributed by atoms with Crippen LogP contribution < -0.4 is 10.1 Å². The van der Waals surface area contributed by atoms with E-state index in [-0.39, 0.29) is 11.9 Å². The van der Waals surface area contributed by atoms with Crippen molar-refractivity contribution in [3.63, 3.8) is 0 Å². The average molecular weight is 399 g/mol. The smallest absolute Gasteiger partial charge is 0.252 e. The predicted octanol–water partition coefficient (Wildman–Crippen LogP) is 4.35. The third-order valence-electron chi connectivity index (χ3n) is 4.79. The van der Waals surface area contributed by atoms with E-state index in [4.69, 9.17) is 21.3 Å². The van der Waals surface area contributed by atoms with Crippen molar-refractivity contribution >= 4 is 28.5 Å². The van der Waals surface area contributed by atoms with Crippen molar-refractivity contribution in [1.29, 1.82) is 0 Å². The van der Waals surface area contributed by atoms with Gasteiger partial charge in [-0.15, -0.1) is 0 Å². The number of hydrogen-bond acceptors (Lipinski definition) is 4. The molecule has 0 aliphatic heterocycles. The number of halogens is 1. The molecule has 0 saturated heterocycles. The summed E-state index contributed by atoms with van der Waals surface area (Å²) < 4.78 is 7.52. The van der Waals surface area contributed by atoms with E-state index in [0.29, 0.717) is 29.7 Å². The minimum Gasteiger partial charge on any atom is -0.492 e. The second-order valence-corrected chi connectivity index (χ2v) is 7.78. The second kappa shape index (κ2) is 7.80. The van der Waals surface area contributed by atoms with Crippen molar-refractivity contribution < 1.29 is 9.53 Å². The number of aromatic nitrogens is 3. The molecule has 4 rings (SSSR count). The van der Waals surface area contributed by atoms with Crippen LogP contribution in [-0.4, -0.2) is 33.8 Å². The molecule has 3 aromatic rings. The van der Waals surface area contributed by atoms with E-state index in [0.717, 1.165) is 35.3 Å². The van der Waals surface area contributed by atoms with Crippen molar-refractivity contribution in [2.45, 2.75) is 38.6 Å². The molecule has 0 unspecified atom stereocenters. The van der Waals surface area contributed by atoms with Crippen LogP contribution in [0.2, 0.25) is 5.02 Å². The summed E-state index contributed by atoms with van der Waals surface area (Å²) >= 11 is 5.87. The average Bonchev–Trinajstić information content (AvgIpc) is 3.44. The Morgan fingerprint density at radius 2 is 2.07 bits per heavy atom. The molecule has 1 N–H and O–H groups in total. The van der Waals surface area contributed by atoms with Crippen molar-refractivity contribution in [2.24, 2.45) is 0 Å². The fourth-order valence-electron chi connectivity index (χ4n) is 3.15. The first-order valence-electron chi connectivity index (χ1n) is 9.57. The lowest BCUT2D eigenvalue weighted by molar-refractivity contribution is 0.0948. The summed E-state index contributed by atoms with van der Waals surface area (Å²) in [6.45, 7) is 4.90. The van der Waals surface area contributed by atoms with Crippen LogP contribution in [0, 0.1) is 0 Å². The molecule has 1 amide bonds. The fraction of sp³-hybridized carbons (Fsp3) is 0.381. The standard InChI is InChI=1S/C21H23ClN4O2/c1-13(2)26-20-18(12-24-26)17(11-19(25-20)14-3-4-14)21(27)23-9-10-28-16-7-5-15(22)6-8-16/h5-8,11-14H,3-4,9-10H2,1-2H3,(H,23,27). The zero-order chi connectivity index (χ0) is 19.7. The minimum absolute atomic E-state index is 0.127. The van der Waals surface area contributed by atoms with E-state index < -0.39 is 0 Å². The maximum absolute atomic E-state index is 12.8. The van der Waals surface area contributed by atoms with E-state index in [1.807, 2.05) is 10.7 Å². The van der Waals surface area contributed by atoms with Crippen LogP contribution in [0.1, 0.15) is 54.7 Å². The molecule has 1 aromatic carbocycles. The molecule has 0 atom stereocenters. The summed E-state index contributed by atoms with van der Waals surface area (Å²) in [5.41, 5.74) is 2.39. The Bertz CT molecular complexity index is 994. The zero-order valence-corrected chi connectivity index (χ0v) is 16.7. The summed E-state index contributed by atoms with van der Waals surface area (Å²) in [5, 5.41) is 8.83. The highest BCUT2D eigenvalue weighted by atomic mass is 35.5. The first-order chi connectivity index (χ1) is 13.5. The van der Waals surface area contributed by atoms with Crippen LogP contribution in [0.5, 0.6) is 5.75 Å². The summed E-state index contributed by atoms with van der Waals surface area (Å²) in [4.78, 5) is 17.6. The van der Waals surface area contributed by atoms with Gasteiger partial charge in [0.05, 0.1) is 23.7 Å². The van der Waals surface area contributed by atoms with Crippen LogP contribution in [0.4, 0.5) is 0 Å². The third-order valence-corrected chi connectivity index (χ3v) is 5.04. The summed E-state index contributed by atoms with van der Waals surface area (Å²) in [6, 6.07) is 9.26. The SMILES string of the molecule is CC(C)n1ncc2c(C(=O)NCCOc3ccc(Cl)cc3)cc(C3CC3)nc21. The number of pyridine rings is 1. The first kappa shape index (κ1) is 18.7. The van der Waals surface area contributed by atoms with Gasteiger partial charge >= 0.3 is 0 Å². The Kier molecular flexibility index (Phi) is 5.22. The molecule has 1 aliphatic rings. The fourth-order valence-corrected chi connectivity index (χ4v) is 3.28. The topological polar surface area (TPSA) is 69.0 Å². The lowest BCUT2D eigenvalue weighted by Gasteiger charge is -2.11. The Balaban J connectivity index is 1.47. The van der Waals surface area contributed by atoms with Gasteiger partial charge in [0.25, 0.3) is 5.91 Å². The van der Waals surface area contributed by atoms with E-state index in [2.05, 4.69) is 24.3 Å². The van der Waals surface area contributed by atoms with Crippen LogP contribution in [0.15, 0.2) is 36.5 Å². The maximum atomic E-state index is 12.8. The molecule has 1 saturated carbocycles. The summed E-state index contributed by atoms with van der Waals surface area (Å²) in [6.07, 6.45) is 3.99. The Morgan fingerprint density at radius 1 is 1.32 bits per heavy atom. The van der Waals surface area contributed by atoms with E-state index in [9.17, 15) is 4.79 Å². The molecule has 28 heavy (non-hydrogen) atoms. The molecule has 1 fully saturated rings. The number of benzene rings is 1. The Hall–Kier alpha value is -2.60. The van der Waals surface area contributed by atoms with E-state index in [1.165, 1.54) is 0 Å². The van der Waals surface area contributed by atoms with Gasteiger partial charge in [-0.3, -0.25) is 4.79 Å². The molecule has 6 nitrogen and oxygen atoms in total. The largest absolute Gasteiger partial charge is 0.492 e. The van der Waals surface area contributed by atoms with Crippen LogP contribution >= 0.6 is 11.6 Å². The van der Waals surface area contributed by atoms with Crippen molar-refractivity contribution in [1.82, 2.24) is 20.1 Å². The van der Waals surface area contributed by atoms with Gasteiger partial charge in [-0.25, -0.2) is 9.67 Å². The number of amides is 1. The summed E-state index contributed by atoms with van der Waals surface area (Å²) in [7, 11) is 0. The molecule has 2 heterocycles. The van der Waals surface area contributed by atoms with Gasteiger partial charge in [-0.05, 0) is 57.0 Å². The maximum Gasteiger partial charge on any atom is 0.252 e. The molecule has 2 aromatic heterocycles. The molecule has 0 spiro atoms. The Morgan fingerprint density at radius 3 is 2.75 bits per heavy atom. The molecular formula is C21H23ClN4O2. The van der Waals surface area contributed by atoms with Crippen LogP contribution in [0.25, 0.3) is 11.0 Å². The van der Waals surface area contributed by atoms with Gasteiger partial charge in [-0.2, -0.15) is 5.10 Å². The monoisotopic (exact) mass is 398 g/mol. The van der Waals surface area contributed by atoms with Crippen molar-refractivity contribution in [3.05, 3.63) is 52.8 Å². The van der Waals surface area contributed by atoms with Gasteiger partial charge in [0.2, 0.25) is 0 Å². The number of ether oxygens (including phenoxy) is 1. The quantitative estimate of drug-likeness (QED) is 0.600.